The number of amides is 6. The molecule has 0 aliphatic heterocycles. The number of aliphatic imine (C=N–C) groups is 2. The first kappa shape index (κ1) is 43.3. The first-order chi connectivity index (χ1) is 23.5. The molecule has 0 radical (unpaired) electrons. The van der Waals surface area contributed by atoms with Gasteiger partial charge in [-0.3, -0.25) is 38.8 Å². The number of nitrogens with zero attached hydrogens (tertiary/aromatic N) is 2. The minimum absolute atomic E-state index is 0.0421. The van der Waals surface area contributed by atoms with Crippen LogP contribution < -0.4 is 55.7 Å². The molecular formula is C31H58N12O7. The summed E-state index contributed by atoms with van der Waals surface area (Å²) in [6.07, 6.45) is 4.38. The maximum atomic E-state index is 13.7. The fourth-order valence-corrected chi connectivity index (χ4v) is 5.44. The van der Waals surface area contributed by atoms with Crippen molar-refractivity contribution in [3.05, 3.63) is 0 Å². The molecule has 19 nitrogen and oxygen atoms in total. The highest BCUT2D eigenvalue weighted by atomic mass is 16.3. The summed E-state index contributed by atoms with van der Waals surface area (Å²) in [5, 5.41) is 20.3. The predicted octanol–water partition coefficient (Wildman–Crippen LogP) is -3.23. The fraction of sp³-hybridized carbons (Fsp3) is 0.742. The van der Waals surface area contributed by atoms with Crippen molar-refractivity contribution in [2.24, 2.45) is 56.2 Å². The average molecular weight is 711 g/mol. The summed E-state index contributed by atoms with van der Waals surface area (Å²) < 4.78 is 0. The summed E-state index contributed by atoms with van der Waals surface area (Å²) in [5.74, 6) is -5.33. The van der Waals surface area contributed by atoms with Gasteiger partial charge in [-0.2, -0.15) is 0 Å². The number of rotatable bonds is 23. The van der Waals surface area contributed by atoms with E-state index in [1.165, 1.54) is 13.8 Å². The number of aliphatic hydroxyl groups excluding tert-OH is 1. The first-order valence-electron chi connectivity index (χ1n) is 17.1. The molecule has 1 saturated carbocycles. The molecule has 1 aliphatic carbocycles. The molecular weight excluding hydrogens is 652 g/mol. The number of nitrogens with one attached hydrogen (secondary N) is 4. The van der Waals surface area contributed by atoms with Gasteiger partial charge in [0, 0.05) is 19.5 Å². The highest BCUT2D eigenvalue weighted by Gasteiger charge is 2.32. The van der Waals surface area contributed by atoms with Crippen LogP contribution >= 0.6 is 0 Å². The lowest BCUT2D eigenvalue weighted by atomic mass is 9.84. The standard InChI is InChI=1S/C31H58N12O7/c1-17(18(2)44)26(47)40-20(10-6-14-38-30(34)35)27(48)42-22(12-13-24(32)45)29(50)41-21(11-7-15-39-31(36)37)28(49)43-23(25(33)46)16-19-8-4-3-5-9-19/h17-23,44H,3-16H2,1-2H3,(H2,32,45)(H2,33,46)(H,40,47)(H,41,50)(H,42,48)(H,43,49)(H4,34,35,38)(H4,36,37,39)/t17-,18+,20-,21-,22-,23-/m0/s1. The Bertz CT molecular complexity index is 1200. The van der Waals surface area contributed by atoms with E-state index in [-0.39, 0.29) is 69.5 Å². The van der Waals surface area contributed by atoms with Crippen LogP contribution in [-0.4, -0.2) is 95.8 Å². The number of hydrogen-bond acceptors (Lipinski definition) is 9. The van der Waals surface area contributed by atoms with Crippen molar-refractivity contribution in [2.45, 2.75) is 121 Å². The maximum absolute atomic E-state index is 13.7. The van der Waals surface area contributed by atoms with Crippen molar-refractivity contribution < 1.29 is 33.9 Å². The highest BCUT2D eigenvalue weighted by Crippen LogP contribution is 2.27. The van der Waals surface area contributed by atoms with Crippen molar-refractivity contribution >= 4 is 47.4 Å². The van der Waals surface area contributed by atoms with E-state index >= 15 is 0 Å². The third-order valence-corrected chi connectivity index (χ3v) is 8.56. The predicted molar refractivity (Wildman–Crippen MR) is 187 cm³/mol. The number of primary amides is 2. The van der Waals surface area contributed by atoms with Gasteiger partial charge in [0.15, 0.2) is 11.9 Å². The molecule has 50 heavy (non-hydrogen) atoms. The first-order valence-corrected chi connectivity index (χ1v) is 17.1. The Morgan fingerprint density at radius 1 is 0.640 bits per heavy atom. The van der Waals surface area contributed by atoms with E-state index < -0.39 is 71.6 Å². The number of carbonyl (C=O) groups is 6. The summed E-state index contributed by atoms with van der Waals surface area (Å²) in [4.78, 5) is 85.3. The fourth-order valence-electron chi connectivity index (χ4n) is 5.44. The molecule has 0 aromatic carbocycles. The molecule has 6 amide bonds. The van der Waals surface area contributed by atoms with Crippen LogP contribution in [0.2, 0.25) is 0 Å². The van der Waals surface area contributed by atoms with Crippen LogP contribution in [0.15, 0.2) is 9.98 Å². The van der Waals surface area contributed by atoms with Crippen molar-refractivity contribution in [3.63, 3.8) is 0 Å². The van der Waals surface area contributed by atoms with Crippen LogP contribution in [0.25, 0.3) is 0 Å². The number of aliphatic hydroxyl groups is 1. The zero-order chi connectivity index (χ0) is 37.8. The van der Waals surface area contributed by atoms with Crippen LogP contribution in [0.4, 0.5) is 0 Å². The highest BCUT2D eigenvalue weighted by molar-refractivity contribution is 5.95. The van der Waals surface area contributed by atoms with Crippen LogP contribution in [0.3, 0.4) is 0 Å². The lowest BCUT2D eigenvalue weighted by Gasteiger charge is -2.28. The molecule has 0 bridgehead atoms. The van der Waals surface area contributed by atoms with Crippen LogP contribution in [0.5, 0.6) is 0 Å². The van der Waals surface area contributed by atoms with Crippen molar-refractivity contribution in [3.8, 4) is 0 Å². The summed E-state index contributed by atoms with van der Waals surface area (Å²) in [5.41, 5.74) is 32.6. The molecule has 1 aliphatic rings. The van der Waals surface area contributed by atoms with Gasteiger partial charge in [-0.25, -0.2) is 0 Å². The molecule has 0 heterocycles. The van der Waals surface area contributed by atoms with Crippen LogP contribution in [0.1, 0.15) is 90.9 Å². The van der Waals surface area contributed by atoms with Gasteiger partial charge in [-0.05, 0) is 51.4 Å². The lowest BCUT2D eigenvalue weighted by molar-refractivity contribution is -0.135. The molecule has 6 atom stereocenters. The molecule has 0 aromatic heterocycles. The van der Waals surface area contributed by atoms with E-state index in [0.717, 1.165) is 32.1 Å². The van der Waals surface area contributed by atoms with Gasteiger partial charge in [-0.15, -0.1) is 0 Å². The Hall–Kier alpha value is -4.68. The van der Waals surface area contributed by atoms with E-state index in [1.807, 2.05) is 0 Å². The topological polar surface area (TPSA) is 352 Å². The normalized spacial score (nSPS) is 16.6. The van der Waals surface area contributed by atoms with Gasteiger partial charge in [0.1, 0.15) is 24.2 Å². The van der Waals surface area contributed by atoms with Crippen LogP contribution in [0, 0.1) is 11.8 Å². The molecule has 0 saturated heterocycles. The monoisotopic (exact) mass is 710 g/mol. The van der Waals surface area contributed by atoms with Crippen molar-refractivity contribution in [1.29, 1.82) is 0 Å². The second-order valence-electron chi connectivity index (χ2n) is 12.8. The molecule has 284 valence electrons. The maximum Gasteiger partial charge on any atom is 0.243 e. The van der Waals surface area contributed by atoms with E-state index in [1.54, 1.807) is 0 Å². The molecule has 1 fully saturated rings. The zero-order valence-corrected chi connectivity index (χ0v) is 29.2. The molecule has 17 N–H and O–H groups in total. The van der Waals surface area contributed by atoms with Gasteiger partial charge >= 0.3 is 0 Å². The molecule has 0 aromatic rings. The van der Waals surface area contributed by atoms with E-state index in [4.69, 9.17) is 34.4 Å². The summed E-state index contributed by atoms with van der Waals surface area (Å²) in [7, 11) is 0. The molecule has 19 heteroatoms. The van der Waals surface area contributed by atoms with Crippen molar-refractivity contribution in [1.82, 2.24) is 21.3 Å². The van der Waals surface area contributed by atoms with Gasteiger partial charge in [-0.1, -0.05) is 39.0 Å². The Kier molecular flexibility index (Phi) is 19.8. The van der Waals surface area contributed by atoms with E-state index in [2.05, 4.69) is 31.3 Å². The second-order valence-corrected chi connectivity index (χ2v) is 12.8. The van der Waals surface area contributed by atoms with Crippen molar-refractivity contribution in [2.75, 3.05) is 13.1 Å². The van der Waals surface area contributed by atoms with Gasteiger partial charge in [0.2, 0.25) is 35.4 Å². The minimum atomic E-state index is -1.37. The minimum Gasteiger partial charge on any atom is -0.393 e. The Balaban J connectivity index is 3.25. The quantitative estimate of drug-likeness (QED) is 0.0284. The number of nitrogens with two attached hydrogens (primary N) is 6. The molecule has 1 rings (SSSR count). The zero-order valence-electron chi connectivity index (χ0n) is 29.2. The summed E-state index contributed by atoms with van der Waals surface area (Å²) in [6.45, 7) is 3.18. The Morgan fingerprint density at radius 3 is 1.46 bits per heavy atom. The SMILES string of the molecule is C[C@H](C(=O)N[C@@H](CCCN=C(N)N)C(=O)N[C@@H](CCC(N)=O)C(=O)N[C@@H](CCCN=C(N)N)C(=O)N[C@@H](CC1CCCCC1)C(N)=O)[C@@H](C)O. The average Bonchev–Trinajstić information content (AvgIpc) is 3.04. The number of carbonyl (C=O) groups excluding carboxylic acids is 6. The third kappa shape index (κ3) is 17.6. The molecule has 0 spiro atoms. The Labute approximate surface area is 292 Å². The summed E-state index contributed by atoms with van der Waals surface area (Å²) >= 11 is 0. The van der Waals surface area contributed by atoms with Gasteiger partial charge < -0.3 is 60.8 Å². The van der Waals surface area contributed by atoms with Gasteiger partial charge in [0.25, 0.3) is 0 Å². The second kappa shape index (κ2) is 22.9. The van der Waals surface area contributed by atoms with E-state index in [0.29, 0.717) is 6.42 Å². The largest absolute Gasteiger partial charge is 0.393 e. The smallest absolute Gasteiger partial charge is 0.243 e. The lowest BCUT2D eigenvalue weighted by Crippen LogP contribution is -2.58. The third-order valence-electron chi connectivity index (χ3n) is 8.56. The van der Waals surface area contributed by atoms with Crippen LogP contribution in [-0.2, 0) is 28.8 Å². The Morgan fingerprint density at radius 2 is 1.06 bits per heavy atom. The summed E-state index contributed by atoms with van der Waals surface area (Å²) in [6, 6.07) is -4.74. The number of guanidine groups is 2. The van der Waals surface area contributed by atoms with Gasteiger partial charge in [0.05, 0.1) is 12.0 Å². The number of hydrogen-bond donors (Lipinski definition) is 11. The molecule has 0 unspecified atom stereocenters. The van der Waals surface area contributed by atoms with E-state index in [9.17, 15) is 33.9 Å².